The third kappa shape index (κ3) is 8.09. The van der Waals surface area contributed by atoms with Crippen LogP contribution in [0.4, 0.5) is 0 Å². The third-order valence-corrected chi connectivity index (χ3v) is 2.58. The van der Waals surface area contributed by atoms with Crippen molar-refractivity contribution in [2.75, 3.05) is 0 Å². The van der Waals surface area contributed by atoms with Crippen molar-refractivity contribution in [1.29, 1.82) is 0 Å². The summed E-state index contributed by atoms with van der Waals surface area (Å²) in [5, 5.41) is 8.54. The number of carboxylic acid groups (broad SMARTS) is 1. The van der Waals surface area contributed by atoms with Crippen molar-refractivity contribution in [3.05, 3.63) is 0 Å². The summed E-state index contributed by atoms with van der Waals surface area (Å²) in [5.41, 5.74) is -0.0861. The van der Waals surface area contributed by atoms with Gasteiger partial charge in [0, 0.05) is 0 Å². The molecule has 18 heavy (non-hydrogen) atoms. The van der Waals surface area contributed by atoms with Gasteiger partial charge in [0.25, 0.3) is 0 Å². The largest absolute Gasteiger partial charge is 0.481 e. The van der Waals surface area contributed by atoms with Crippen LogP contribution >= 0.6 is 0 Å². The Bertz CT molecular complexity index is 294. The lowest BCUT2D eigenvalue weighted by Crippen LogP contribution is -2.35. The summed E-state index contributed by atoms with van der Waals surface area (Å²) in [6.45, 7) is 12.3. The average Bonchev–Trinajstić information content (AvgIpc) is 2.10. The van der Waals surface area contributed by atoms with Crippen LogP contribution in [-0.2, 0) is 14.3 Å². The Morgan fingerprint density at radius 2 is 1.56 bits per heavy atom. The van der Waals surface area contributed by atoms with Crippen molar-refractivity contribution >= 4 is 11.9 Å². The molecule has 0 saturated heterocycles. The molecule has 0 bridgehead atoms. The highest BCUT2D eigenvalue weighted by Crippen LogP contribution is 2.33. The van der Waals surface area contributed by atoms with Crippen molar-refractivity contribution in [3.63, 3.8) is 0 Å². The number of hydrogen-bond acceptors (Lipinski definition) is 3. The fourth-order valence-corrected chi connectivity index (χ4v) is 1.51. The first kappa shape index (κ1) is 16.9. The van der Waals surface area contributed by atoms with Crippen LogP contribution in [0.1, 0.15) is 60.8 Å². The van der Waals surface area contributed by atoms with E-state index in [9.17, 15) is 9.59 Å². The number of carbonyl (C=O) groups is 2. The van der Waals surface area contributed by atoms with Gasteiger partial charge in [0.2, 0.25) is 0 Å². The SMILES string of the molecule is CC(C)(C)C[C@@H](OC(=O)CCC(=O)O)C(C)(C)C. The Morgan fingerprint density at radius 3 is 1.89 bits per heavy atom. The van der Waals surface area contributed by atoms with E-state index < -0.39 is 11.9 Å². The van der Waals surface area contributed by atoms with Crippen LogP contribution in [0.25, 0.3) is 0 Å². The molecule has 0 aromatic heterocycles. The minimum Gasteiger partial charge on any atom is -0.481 e. The predicted octanol–water partition coefficient (Wildman–Crippen LogP) is 3.25. The van der Waals surface area contributed by atoms with Gasteiger partial charge in [0.15, 0.2) is 0 Å². The standard InChI is InChI=1S/C14H26O4/c1-13(2,3)9-10(14(4,5)6)18-12(17)8-7-11(15)16/h10H,7-9H2,1-6H3,(H,15,16)/t10-/m1/s1. The molecule has 0 aliphatic carbocycles. The molecule has 0 rings (SSSR count). The Labute approximate surface area is 110 Å². The van der Waals surface area contributed by atoms with Gasteiger partial charge >= 0.3 is 11.9 Å². The van der Waals surface area contributed by atoms with Crippen molar-refractivity contribution < 1.29 is 19.4 Å². The van der Waals surface area contributed by atoms with Gasteiger partial charge in [0.05, 0.1) is 12.8 Å². The van der Waals surface area contributed by atoms with Gasteiger partial charge < -0.3 is 9.84 Å². The highest BCUT2D eigenvalue weighted by molar-refractivity contribution is 5.76. The molecule has 0 aliphatic heterocycles. The lowest BCUT2D eigenvalue weighted by atomic mass is 9.78. The third-order valence-electron chi connectivity index (χ3n) is 2.58. The Kier molecular flexibility index (Phi) is 5.84. The Hall–Kier alpha value is -1.06. The van der Waals surface area contributed by atoms with E-state index in [1.165, 1.54) is 0 Å². The van der Waals surface area contributed by atoms with Crippen LogP contribution in [0.3, 0.4) is 0 Å². The first-order valence-electron chi connectivity index (χ1n) is 6.33. The summed E-state index contributed by atoms with van der Waals surface area (Å²) in [7, 11) is 0. The lowest BCUT2D eigenvalue weighted by Gasteiger charge is -2.35. The zero-order valence-corrected chi connectivity index (χ0v) is 12.4. The molecule has 0 amide bonds. The number of esters is 1. The second-order valence-electron chi connectivity index (χ2n) is 7.00. The number of hydrogen-bond donors (Lipinski definition) is 1. The van der Waals surface area contributed by atoms with E-state index in [0.717, 1.165) is 6.42 Å². The van der Waals surface area contributed by atoms with E-state index in [-0.39, 0.29) is 29.8 Å². The maximum atomic E-state index is 11.6. The van der Waals surface area contributed by atoms with Crippen LogP contribution < -0.4 is 0 Å². The van der Waals surface area contributed by atoms with Gasteiger partial charge in [-0.1, -0.05) is 41.5 Å². The summed E-state index contributed by atoms with van der Waals surface area (Å²) >= 11 is 0. The highest BCUT2D eigenvalue weighted by Gasteiger charge is 2.32. The highest BCUT2D eigenvalue weighted by atomic mass is 16.5. The number of rotatable bonds is 5. The molecule has 0 unspecified atom stereocenters. The summed E-state index contributed by atoms with van der Waals surface area (Å²) in [6, 6.07) is 0. The van der Waals surface area contributed by atoms with Gasteiger partial charge in [-0.3, -0.25) is 9.59 Å². The fourth-order valence-electron chi connectivity index (χ4n) is 1.51. The average molecular weight is 258 g/mol. The molecular formula is C14H26O4. The first-order chi connectivity index (χ1) is 7.92. The molecule has 0 spiro atoms. The molecule has 1 atom stereocenters. The fraction of sp³-hybridized carbons (Fsp3) is 0.857. The van der Waals surface area contributed by atoms with Crippen molar-refractivity contribution in [3.8, 4) is 0 Å². The summed E-state index contributed by atoms with van der Waals surface area (Å²) in [6.07, 6.45) is 0.325. The molecular weight excluding hydrogens is 232 g/mol. The minimum absolute atomic E-state index is 0.0605. The second kappa shape index (κ2) is 6.21. The molecule has 0 heterocycles. The normalized spacial score (nSPS) is 14.1. The molecule has 0 saturated carbocycles. The van der Waals surface area contributed by atoms with E-state index in [1.54, 1.807) is 0 Å². The topological polar surface area (TPSA) is 63.6 Å². The minimum atomic E-state index is -0.977. The smallest absolute Gasteiger partial charge is 0.306 e. The number of ether oxygens (including phenoxy) is 1. The lowest BCUT2D eigenvalue weighted by molar-refractivity contribution is -0.158. The van der Waals surface area contributed by atoms with Crippen LogP contribution in [0.15, 0.2) is 0 Å². The summed E-state index contributed by atoms with van der Waals surface area (Å²) in [4.78, 5) is 22.0. The molecule has 4 heteroatoms. The first-order valence-corrected chi connectivity index (χ1v) is 6.33. The molecule has 0 radical (unpaired) electrons. The molecule has 0 fully saturated rings. The van der Waals surface area contributed by atoms with Crippen LogP contribution in [-0.4, -0.2) is 23.1 Å². The Balaban J connectivity index is 4.52. The van der Waals surface area contributed by atoms with Gasteiger partial charge in [-0.2, -0.15) is 0 Å². The quantitative estimate of drug-likeness (QED) is 0.769. The van der Waals surface area contributed by atoms with Crippen LogP contribution in [0.5, 0.6) is 0 Å². The van der Waals surface area contributed by atoms with Gasteiger partial charge in [-0.15, -0.1) is 0 Å². The van der Waals surface area contributed by atoms with E-state index in [0.29, 0.717) is 0 Å². The van der Waals surface area contributed by atoms with Gasteiger partial charge in [0.1, 0.15) is 6.10 Å². The predicted molar refractivity (Wildman–Crippen MR) is 70.3 cm³/mol. The molecule has 106 valence electrons. The van der Waals surface area contributed by atoms with Crippen LogP contribution in [0.2, 0.25) is 0 Å². The zero-order chi connectivity index (χ0) is 14.6. The Morgan fingerprint density at radius 1 is 1.06 bits per heavy atom. The molecule has 0 aliphatic rings. The molecule has 0 aromatic carbocycles. The summed E-state index contributed by atoms with van der Waals surface area (Å²) in [5.74, 6) is -1.41. The monoisotopic (exact) mass is 258 g/mol. The van der Waals surface area contributed by atoms with Crippen molar-refractivity contribution in [2.45, 2.75) is 66.9 Å². The maximum Gasteiger partial charge on any atom is 0.306 e. The van der Waals surface area contributed by atoms with Crippen molar-refractivity contribution in [1.82, 2.24) is 0 Å². The van der Waals surface area contributed by atoms with E-state index in [4.69, 9.17) is 9.84 Å². The number of aliphatic carboxylic acids is 1. The van der Waals surface area contributed by atoms with E-state index >= 15 is 0 Å². The molecule has 1 N–H and O–H groups in total. The number of carboxylic acids is 1. The zero-order valence-electron chi connectivity index (χ0n) is 12.4. The maximum absolute atomic E-state index is 11.6. The second-order valence-corrected chi connectivity index (χ2v) is 7.00. The number of carbonyl (C=O) groups excluding carboxylic acids is 1. The van der Waals surface area contributed by atoms with E-state index in [1.807, 2.05) is 20.8 Å². The van der Waals surface area contributed by atoms with Crippen LogP contribution in [0, 0.1) is 10.8 Å². The van der Waals surface area contributed by atoms with Gasteiger partial charge in [-0.25, -0.2) is 0 Å². The molecule has 4 nitrogen and oxygen atoms in total. The van der Waals surface area contributed by atoms with Gasteiger partial charge in [-0.05, 0) is 17.3 Å². The molecule has 0 aromatic rings. The summed E-state index contributed by atoms with van der Waals surface area (Å²) < 4.78 is 5.44. The van der Waals surface area contributed by atoms with Crippen molar-refractivity contribution in [2.24, 2.45) is 10.8 Å². The van der Waals surface area contributed by atoms with E-state index in [2.05, 4.69) is 20.8 Å².